The van der Waals surface area contributed by atoms with E-state index in [-0.39, 0.29) is 0 Å². The Bertz CT molecular complexity index is 3890. The molecule has 1 heterocycles. The number of hydrogen-bond donors (Lipinski definition) is 0. The minimum Gasteiger partial charge on any atom is -0.310 e. The molecule has 13 rings (SSSR count). The summed E-state index contributed by atoms with van der Waals surface area (Å²) in [7, 11) is 0. The van der Waals surface area contributed by atoms with E-state index >= 15 is 0 Å². The average Bonchev–Trinajstić information content (AvgIpc) is 3.96. The number of benzene rings is 11. The smallest absolute Gasteiger partial charge is 0.0541 e. The molecule has 0 amide bonds. The fourth-order valence-electron chi connectivity index (χ4n) is 11.8. The number of nitrogens with zero attached hydrogens (tertiary/aromatic N) is 2. The first kappa shape index (κ1) is 45.4. The second-order valence-corrected chi connectivity index (χ2v) is 19.9. The van der Waals surface area contributed by atoms with Crippen LogP contribution in [-0.2, 0) is 18.3 Å². The molecule has 1 aliphatic carbocycles. The zero-order valence-electron chi connectivity index (χ0n) is 41.8. The van der Waals surface area contributed by atoms with E-state index in [1.54, 1.807) is 0 Å². The number of anilines is 3. The molecule has 0 bridgehead atoms. The molecule has 0 saturated carbocycles. The monoisotopic (exact) mass is 958 g/mol. The molecule has 0 N–H and O–H groups in total. The first-order valence-corrected chi connectivity index (χ1v) is 26.0. The van der Waals surface area contributed by atoms with Crippen molar-refractivity contribution in [2.75, 3.05) is 4.90 Å². The number of rotatable bonds is 13. The third kappa shape index (κ3) is 8.27. The largest absolute Gasteiger partial charge is 0.310 e. The zero-order chi connectivity index (χ0) is 50.3. The van der Waals surface area contributed by atoms with Crippen LogP contribution in [-0.4, -0.2) is 4.57 Å². The van der Waals surface area contributed by atoms with Crippen LogP contribution >= 0.6 is 0 Å². The van der Waals surface area contributed by atoms with E-state index in [4.69, 9.17) is 0 Å². The molecule has 2 heteroatoms. The van der Waals surface area contributed by atoms with Crippen molar-refractivity contribution in [3.63, 3.8) is 0 Å². The van der Waals surface area contributed by atoms with E-state index in [1.807, 2.05) is 12.2 Å². The lowest BCUT2D eigenvalue weighted by Crippen LogP contribution is -2.31. The molecule has 0 saturated heterocycles. The lowest BCUT2D eigenvalue weighted by Gasteiger charge is -2.34. The first-order chi connectivity index (χ1) is 37.0. The molecule has 356 valence electrons. The van der Waals surface area contributed by atoms with E-state index in [0.29, 0.717) is 0 Å². The van der Waals surface area contributed by atoms with E-state index in [2.05, 4.69) is 290 Å². The molecule has 11 aromatic carbocycles. The Balaban J connectivity index is 0.990. The second kappa shape index (κ2) is 19.2. The summed E-state index contributed by atoms with van der Waals surface area (Å²) in [5, 5.41) is 2.51. The van der Waals surface area contributed by atoms with Crippen LogP contribution in [0.15, 0.2) is 280 Å². The van der Waals surface area contributed by atoms with Crippen LogP contribution in [0.1, 0.15) is 33.4 Å². The number of para-hydroxylation sites is 3. The standard InChI is InChI=1S/C73H54N2/c1-3-51-28-32-53(33-29-51)49-73(50-54-34-30-52(4-2)31-35-54)69-47-63(40-42-65(69)66-43-41-64(48-70(66)73)75-71-26-16-14-24-67(71)68-25-15-17-27-72(68)75)74(61-22-12-7-13-23-61)62-38-36-57(37-39-62)60-45-58(55-18-8-5-9-19-55)44-59(46-60)56-20-10-6-11-21-56/h3-48H,1-2,49-50H2. The minimum atomic E-state index is -0.465. The molecule has 0 spiro atoms. The quantitative estimate of drug-likeness (QED) is 0.112. The van der Waals surface area contributed by atoms with Crippen LogP contribution in [0.2, 0.25) is 0 Å². The molecule has 0 fully saturated rings. The molecule has 0 atom stereocenters. The number of fused-ring (bicyclic) bond motifs is 6. The van der Waals surface area contributed by atoms with Crippen molar-refractivity contribution < 1.29 is 0 Å². The molecule has 0 unspecified atom stereocenters. The van der Waals surface area contributed by atoms with Gasteiger partial charge in [-0.25, -0.2) is 0 Å². The lowest BCUT2D eigenvalue weighted by molar-refractivity contribution is 0.520. The summed E-state index contributed by atoms with van der Waals surface area (Å²) in [5.41, 5.74) is 23.5. The van der Waals surface area contributed by atoms with Gasteiger partial charge < -0.3 is 9.47 Å². The van der Waals surface area contributed by atoms with Gasteiger partial charge in [0.2, 0.25) is 0 Å². The summed E-state index contributed by atoms with van der Waals surface area (Å²) in [6.07, 6.45) is 5.45. The molecular weight excluding hydrogens is 905 g/mol. The van der Waals surface area contributed by atoms with Gasteiger partial charge in [0, 0.05) is 38.9 Å². The Hall–Kier alpha value is -9.50. The third-order valence-corrected chi connectivity index (χ3v) is 15.5. The van der Waals surface area contributed by atoms with Gasteiger partial charge in [-0.3, -0.25) is 0 Å². The predicted molar refractivity (Wildman–Crippen MR) is 318 cm³/mol. The van der Waals surface area contributed by atoms with Crippen LogP contribution in [0, 0.1) is 0 Å². The first-order valence-electron chi connectivity index (χ1n) is 26.0. The summed E-state index contributed by atoms with van der Waals surface area (Å²) in [6, 6.07) is 98.4. The van der Waals surface area contributed by atoms with Gasteiger partial charge in [-0.1, -0.05) is 213 Å². The molecule has 2 nitrogen and oxygen atoms in total. The van der Waals surface area contributed by atoms with Gasteiger partial charge in [-0.2, -0.15) is 0 Å². The fraction of sp³-hybridized carbons (Fsp3) is 0.0411. The highest BCUT2D eigenvalue weighted by Crippen LogP contribution is 2.55. The molecule has 1 aromatic heterocycles. The highest BCUT2D eigenvalue weighted by atomic mass is 15.1. The topological polar surface area (TPSA) is 8.17 Å². The Morgan fingerprint density at radius 1 is 0.347 bits per heavy atom. The maximum Gasteiger partial charge on any atom is 0.0541 e. The van der Waals surface area contributed by atoms with Gasteiger partial charge in [0.25, 0.3) is 0 Å². The predicted octanol–water partition coefficient (Wildman–Crippen LogP) is 19.3. The van der Waals surface area contributed by atoms with Crippen molar-refractivity contribution in [3.05, 3.63) is 313 Å². The summed E-state index contributed by atoms with van der Waals surface area (Å²) >= 11 is 0. The molecule has 75 heavy (non-hydrogen) atoms. The van der Waals surface area contributed by atoms with Crippen molar-refractivity contribution in [1.82, 2.24) is 4.57 Å². The van der Waals surface area contributed by atoms with Crippen molar-refractivity contribution in [2.24, 2.45) is 0 Å². The Morgan fingerprint density at radius 3 is 1.27 bits per heavy atom. The highest BCUT2D eigenvalue weighted by Gasteiger charge is 2.44. The summed E-state index contributed by atoms with van der Waals surface area (Å²) in [5.74, 6) is 0. The van der Waals surface area contributed by atoms with E-state index in [1.165, 1.54) is 83.0 Å². The normalized spacial score (nSPS) is 12.3. The minimum absolute atomic E-state index is 0.465. The summed E-state index contributed by atoms with van der Waals surface area (Å²) < 4.78 is 2.46. The third-order valence-electron chi connectivity index (χ3n) is 15.5. The van der Waals surface area contributed by atoms with Crippen molar-refractivity contribution in [1.29, 1.82) is 0 Å². The van der Waals surface area contributed by atoms with Crippen LogP contribution in [0.25, 0.3) is 84.2 Å². The van der Waals surface area contributed by atoms with E-state index in [9.17, 15) is 0 Å². The lowest BCUT2D eigenvalue weighted by atomic mass is 9.69. The number of aromatic nitrogens is 1. The van der Waals surface area contributed by atoms with Crippen molar-refractivity contribution in [3.8, 4) is 50.2 Å². The Kier molecular flexibility index (Phi) is 11.6. The zero-order valence-corrected chi connectivity index (χ0v) is 41.8. The molecule has 1 aliphatic rings. The van der Waals surface area contributed by atoms with Gasteiger partial charge in [0.15, 0.2) is 0 Å². The van der Waals surface area contributed by atoms with Crippen LogP contribution in [0.3, 0.4) is 0 Å². The molecule has 0 aliphatic heterocycles. The summed E-state index contributed by atoms with van der Waals surface area (Å²) in [4.78, 5) is 2.43. The maximum absolute atomic E-state index is 4.10. The van der Waals surface area contributed by atoms with Gasteiger partial charge in [-0.05, 0) is 170 Å². The van der Waals surface area contributed by atoms with Crippen molar-refractivity contribution >= 4 is 51.0 Å². The van der Waals surface area contributed by atoms with E-state index in [0.717, 1.165) is 52.3 Å². The fourth-order valence-corrected chi connectivity index (χ4v) is 11.8. The second-order valence-electron chi connectivity index (χ2n) is 19.9. The number of hydrogen-bond acceptors (Lipinski definition) is 1. The van der Waals surface area contributed by atoms with Crippen LogP contribution in [0.4, 0.5) is 17.1 Å². The maximum atomic E-state index is 4.10. The Morgan fingerprint density at radius 2 is 0.760 bits per heavy atom. The Labute approximate surface area is 440 Å². The average molecular weight is 959 g/mol. The highest BCUT2D eigenvalue weighted by molar-refractivity contribution is 6.09. The molecule has 12 aromatic rings. The van der Waals surface area contributed by atoms with E-state index < -0.39 is 5.41 Å². The van der Waals surface area contributed by atoms with Gasteiger partial charge in [0.05, 0.1) is 11.0 Å². The van der Waals surface area contributed by atoms with Gasteiger partial charge in [-0.15, -0.1) is 0 Å². The summed E-state index contributed by atoms with van der Waals surface area (Å²) in [6.45, 7) is 8.19. The van der Waals surface area contributed by atoms with Gasteiger partial charge >= 0.3 is 0 Å². The molecule has 0 radical (unpaired) electrons. The SMILES string of the molecule is C=Cc1ccc(CC2(Cc3ccc(C=C)cc3)c3cc(N(c4ccccc4)c4ccc(-c5cc(-c6ccccc6)cc(-c6ccccc6)c5)cc4)ccc3-c3ccc(-n4c5ccccc5c5ccccc54)cc32)cc1. The van der Waals surface area contributed by atoms with Crippen LogP contribution in [0.5, 0.6) is 0 Å². The van der Waals surface area contributed by atoms with Crippen molar-refractivity contribution in [2.45, 2.75) is 18.3 Å². The molecular formula is C73H54N2. The van der Waals surface area contributed by atoms with Gasteiger partial charge in [0.1, 0.15) is 0 Å². The van der Waals surface area contributed by atoms with Crippen LogP contribution < -0.4 is 4.90 Å².